The molecule has 0 aromatic heterocycles. The number of likely N-dealkylation sites (tertiary alicyclic amines) is 1. The Morgan fingerprint density at radius 2 is 1.79 bits per heavy atom. The second-order valence-electron chi connectivity index (χ2n) is 9.60. The summed E-state index contributed by atoms with van der Waals surface area (Å²) in [6, 6.07) is 10.8. The smallest absolute Gasteiger partial charge is 0.408 e. The molecule has 0 aliphatic carbocycles. The first-order chi connectivity index (χ1) is 13.5. The molecule has 6 nitrogen and oxygen atoms in total. The van der Waals surface area contributed by atoms with Crippen molar-refractivity contribution in [2.45, 2.75) is 84.0 Å². The van der Waals surface area contributed by atoms with E-state index in [-0.39, 0.29) is 12.3 Å². The Bertz CT molecular complexity index is 668. The van der Waals surface area contributed by atoms with Crippen molar-refractivity contribution in [2.75, 3.05) is 13.1 Å². The maximum atomic E-state index is 12.5. The summed E-state index contributed by atoms with van der Waals surface area (Å²) in [5.74, 6) is -0.0590. The summed E-state index contributed by atoms with van der Waals surface area (Å²) in [7, 11) is 0. The summed E-state index contributed by atoms with van der Waals surface area (Å²) < 4.78 is 5.29. The third-order valence-corrected chi connectivity index (χ3v) is 4.95. The van der Waals surface area contributed by atoms with Crippen molar-refractivity contribution >= 4 is 12.0 Å². The summed E-state index contributed by atoms with van der Waals surface area (Å²) in [5.41, 5.74) is 0.0577. The van der Waals surface area contributed by atoms with Crippen molar-refractivity contribution in [2.24, 2.45) is 0 Å². The summed E-state index contributed by atoms with van der Waals surface area (Å²) in [4.78, 5) is 27.0. The second kappa shape index (κ2) is 10.1. The van der Waals surface area contributed by atoms with Gasteiger partial charge in [0, 0.05) is 31.1 Å². The minimum atomic E-state index is -0.678. The molecule has 1 aliphatic rings. The van der Waals surface area contributed by atoms with Gasteiger partial charge >= 0.3 is 6.09 Å². The Balaban J connectivity index is 1.82. The molecule has 6 heteroatoms. The predicted molar refractivity (Wildman–Crippen MR) is 116 cm³/mol. The van der Waals surface area contributed by atoms with Crippen LogP contribution in [0, 0.1) is 0 Å². The van der Waals surface area contributed by atoms with Gasteiger partial charge in [-0.25, -0.2) is 4.79 Å². The molecular formula is C23H37N3O3. The molecule has 162 valence electrons. The molecule has 0 radical (unpaired) electrons. The van der Waals surface area contributed by atoms with Crippen molar-refractivity contribution in [1.82, 2.24) is 15.5 Å². The van der Waals surface area contributed by atoms with E-state index in [1.165, 1.54) is 18.4 Å². The van der Waals surface area contributed by atoms with Crippen molar-refractivity contribution in [3.05, 3.63) is 35.9 Å². The van der Waals surface area contributed by atoms with Crippen LogP contribution < -0.4 is 10.6 Å². The quantitative estimate of drug-likeness (QED) is 0.725. The Labute approximate surface area is 175 Å². The molecule has 0 bridgehead atoms. The van der Waals surface area contributed by atoms with Gasteiger partial charge in [0.2, 0.25) is 5.91 Å². The van der Waals surface area contributed by atoms with Crippen LogP contribution in [0.1, 0.15) is 65.9 Å². The fourth-order valence-corrected chi connectivity index (χ4v) is 3.64. The lowest BCUT2D eigenvalue weighted by molar-refractivity contribution is -0.122. The standard InChI is InChI=1S/C23H37N3O3/c1-22(2,3)29-21(28)25-23(4,5)15-20(27)24-16-19-13-9-10-14-26(19)17-18-11-7-6-8-12-18/h6-8,11-12,19H,9-10,13-17H2,1-5H3,(H,24,27)(H,25,28). The van der Waals surface area contributed by atoms with Gasteiger partial charge < -0.3 is 15.4 Å². The highest BCUT2D eigenvalue weighted by Crippen LogP contribution is 2.19. The van der Waals surface area contributed by atoms with Gasteiger partial charge in [-0.2, -0.15) is 0 Å². The number of nitrogens with one attached hydrogen (secondary N) is 2. The SMILES string of the molecule is CC(C)(CC(=O)NCC1CCCCN1Cc1ccccc1)NC(=O)OC(C)(C)C. The number of carbonyl (C=O) groups excluding carboxylic acids is 2. The lowest BCUT2D eigenvalue weighted by Crippen LogP contribution is -2.50. The topological polar surface area (TPSA) is 70.7 Å². The molecule has 2 amide bonds. The highest BCUT2D eigenvalue weighted by atomic mass is 16.6. The van der Waals surface area contributed by atoms with Crippen LogP contribution in [0.3, 0.4) is 0 Å². The van der Waals surface area contributed by atoms with Gasteiger partial charge in [0.25, 0.3) is 0 Å². The number of nitrogens with zero attached hydrogens (tertiary/aromatic N) is 1. The number of ether oxygens (including phenoxy) is 1. The first kappa shape index (κ1) is 23.2. The molecule has 1 saturated heterocycles. The van der Waals surface area contributed by atoms with Gasteiger partial charge in [-0.05, 0) is 59.6 Å². The molecule has 1 atom stereocenters. The molecule has 0 spiro atoms. The van der Waals surface area contributed by atoms with Gasteiger partial charge in [-0.15, -0.1) is 0 Å². The van der Waals surface area contributed by atoms with Crippen LogP contribution in [-0.2, 0) is 16.1 Å². The van der Waals surface area contributed by atoms with Crippen molar-refractivity contribution < 1.29 is 14.3 Å². The Morgan fingerprint density at radius 1 is 1.10 bits per heavy atom. The lowest BCUT2D eigenvalue weighted by Gasteiger charge is -2.36. The summed E-state index contributed by atoms with van der Waals surface area (Å²) in [5, 5.41) is 5.86. The molecular weight excluding hydrogens is 366 g/mol. The Hall–Kier alpha value is -2.08. The average molecular weight is 404 g/mol. The molecule has 1 aliphatic heterocycles. The van der Waals surface area contributed by atoms with Gasteiger partial charge in [0.1, 0.15) is 5.60 Å². The zero-order valence-corrected chi connectivity index (χ0v) is 18.6. The summed E-state index contributed by atoms with van der Waals surface area (Å²) >= 11 is 0. The normalized spacial score (nSPS) is 18.2. The number of amides is 2. The molecule has 2 N–H and O–H groups in total. The predicted octanol–water partition coefficient (Wildman–Crippen LogP) is 3.85. The summed E-state index contributed by atoms with van der Waals surface area (Å²) in [6.07, 6.45) is 3.18. The lowest BCUT2D eigenvalue weighted by atomic mass is 9.99. The van der Waals surface area contributed by atoms with Gasteiger partial charge in [-0.1, -0.05) is 36.8 Å². The number of piperidine rings is 1. The van der Waals surface area contributed by atoms with E-state index in [0.717, 1.165) is 19.5 Å². The molecule has 29 heavy (non-hydrogen) atoms. The number of alkyl carbamates (subject to hydrolysis) is 1. The van der Waals surface area contributed by atoms with E-state index < -0.39 is 17.2 Å². The summed E-state index contributed by atoms with van der Waals surface area (Å²) in [6.45, 7) is 11.7. The van der Waals surface area contributed by atoms with Crippen LogP contribution in [-0.4, -0.2) is 47.2 Å². The molecule has 2 rings (SSSR count). The minimum absolute atomic E-state index is 0.0590. The van der Waals surface area contributed by atoms with Crippen LogP contribution in [0.2, 0.25) is 0 Å². The van der Waals surface area contributed by atoms with Crippen LogP contribution in [0.4, 0.5) is 4.79 Å². The van der Waals surface area contributed by atoms with Gasteiger partial charge in [0.05, 0.1) is 0 Å². The van der Waals surface area contributed by atoms with E-state index >= 15 is 0 Å². The number of hydrogen-bond donors (Lipinski definition) is 2. The van der Waals surface area contributed by atoms with E-state index in [0.29, 0.717) is 12.6 Å². The van der Waals surface area contributed by atoms with E-state index in [4.69, 9.17) is 4.74 Å². The third kappa shape index (κ3) is 8.86. The van der Waals surface area contributed by atoms with E-state index in [9.17, 15) is 9.59 Å². The zero-order valence-electron chi connectivity index (χ0n) is 18.6. The van der Waals surface area contributed by atoms with Crippen LogP contribution in [0.25, 0.3) is 0 Å². The fraction of sp³-hybridized carbons (Fsp3) is 0.652. The molecule has 1 heterocycles. The maximum absolute atomic E-state index is 12.5. The number of carbonyl (C=O) groups is 2. The van der Waals surface area contributed by atoms with Crippen molar-refractivity contribution in [3.8, 4) is 0 Å². The number of hydrogen-bond acceptors (Lipinski definition) is 4. The first-order valence-electron chi connectivity index (χ1n) is 10.6. The Morgan fingerprint density at radius 3 is 2.45 bits per heavy atom. The highest BCUT2D eigenvalue weighted by Gasteiger charge is 2.28. The van der Waals surface area contributed by atoms with Crippen molar-refractivity contribution in [1.29, 1.82) is 0 Å². The van der Waals surface area contributed by atoms with E-state index in [2.05, 4.69) is 39.8 Å². The zero-order chi connectivity index (χ0) is 21.5. The van der Waals surface area contributed by atoms with Crippen LogP contribution in [0.5, 0.6) is 0 Å². The molecule has 1 unspecified atom stereocenters. The average Bonchev–Trinajstić information content (AvgIpc) is 2.59. The number of rotatable bonds is 7. The van der Waals surface area contributed by atoms with E-state index in [1.54, 1.807) is 0 Å². The van der Waals surface area contributed by atoms with Gasteiger partial charge in [0.15, 0.2) is 0 Å². The highest BCUT2D eigenvalue weighted by molar-refractivity contribution is 5.78. The van der Waals surface area contributed by atoms with Gasteiger partial charge in [-0.3, -0.25) is 9.69 Å². The number of benzene rings is 1. The van der Waals surface area contributed by atoms with Crippen LogP contribution in [0.15, 0.2) is 30.3 Å². The van der Waals surface area contributed by atoms with Crippen molar-refractivity contribution in [3.63, 3.8) is 0 Å². The maximum Gasteiger partial charge on any atom is 0.408 e. The first-order valence-corrected chi connectivity index (χ1v) is 10.6. The molecule has 0 saturated carbocycles. The third-order valence-electron chi connectivity index (χ3n) is 4.95. The largest absolute Gasteiger partial charge is 0.444 e. The molecule has 1 fully saturated rings. The fourth-order valence-electron chi connectivity index (χ4n) is 3.64. The second-order valence-corrected chi connectivity index (χ2v) is 9.60. The van der Waals surface area contributed by atoms with Crippen LogP contribution >= 0.6 is 0 Å². The Kier molecular flexibility index (Phi) is 8.08. The minimum Gasteiger partial charge on any atom is -0.444 e. The molecule has 1 aromatic carbocycles. The van der Waals surface area contributed by atoms with E-state index in [1.807, 2.05) is 40.7 Å². The molecule has 1 aromatic rings. The monoisotopic (exact) mass is 403 g/mol.